The molecule has 6 nitrogen and oxygen atoms in total. The number of sulfonamides is 1. The van der Waals surface area contributed by atoms with Crippen LogP contribution in [0.5, 0.6) is 5.75 Å². The van der Waals surface area contributed by atoms with E-state index in [1.54, 1.807) is 0 Å². The first-order valence-corrected chi connectivity index (χ1v) is 6.84. The Bertz CT molecular complexity index is 565. The smallest absolute Gasteiger partial charge is 0.339 e. The Balaban J connectivity index is 3.33. The van der Waals surface area contributed by atoms with E-state index < -0.39 is 27.3 Å². The Kier molecular flexibility index (Phi) is 4.31. The number of aromatic carboxylic acids is 1. The number of nitrogens with one attached hydrogen (secondary N) is 1. The first kappa shape index (κ1) is 14.5. The molecule has 0 radical (unpaired) electrons. The molecule has 0 saturated heterocycles. The number of carbonyl (C=O) groups is 1. The van der Waals surface area contributed by atoms with Crippen molar-refractivity contribution in [1.29, 1.82) is 0 Å². The van der Waals surface area contributed by atoms with Gasteiger partial charge in [0.05, 0.1) is 4.90 Å². The molecule has 3 N–H and O–H groups in total. The van der Waals surface area contributed by atoms with E-state index in [9.17, 15) is 18.3 Å². The van der Waals surface area contributed by atoms with Gasteiger partial charge in [-0.15, -0.1) is 0 Å². The molecule has 0 fully saturated rings. The van der Waals surface area contributed by atoms with Gasteiger partial charge in [0.25, 0.3) is 0 Å². The van der Waals surface area contributed by atoms with Crippen molar-refractivity contribution >= 4 is 16.0 Å². The summed E-state index contributed by atoms with van der Waals surface area (Å²) in [6, 6.07) is 2.09. The Morgan fingerprint density at radius 2 is 2.00 bits per heavy atom. The molecule has 0 amide bonds. The molecular weight excluding hydrogens is 258 g/mol. The van der Waals surface area contributed by atoms with Crippen molar-refractivity contribution in [3.8, 4) is 5.75 Å². The zero-order valence-corrected chi connectivity index (χ0v) is 10.9. The van der Waals surface area contributed by atoms with Gasteiger partial charge in [0.1, 0.15) is 11.3 Å². The molecule has 0 saturated carbocycles. The van der Waals surface area contributed by atoms with Crippen molar-refractivity contribution in [3.63, 3.8) is 0 Å². The molecule has 0 aliphatic rings. The van der Waals surface area contributed by atoms with Crippen LogP contribution in [0.25, 0.3) is 0 Å². The number of benzene rings is 1. The van der Waals surface area contributed by atoms with Crippen molar-refractivity contribution < 1.29 is 23.4 Å². The maximum absolute atomic E-state index is 11.9. The number of rotatable bonds is 5. The zero-order valence-electron chi connectivity index (χ0n) is 10.1. The quantitative estimate of drug-likeness (QED) is 0.745. The minimum Gasteiger partial charge on any atom is -0.507 e. The molecule has 1 aromatic carbocycles. The lowest BCUT2D eigenvalue weighted by molar-refractivity contribution is 0.0693. The molecule has 0 aliphatic carbocycles. The molecule has 0 atom stereocenters. The molecule has 0 aromatic heterocycles. The summed E-state index contributed by atoms with van der Waals surface area (Å²) >= 11 is 0. The van der Waals surface area contributed by atoms with Crippen LogP contribution in [0.2, 0.25) is 0 Å². The second kappa shape index (κ2) is 5.36. The maximum atomic E-state index is 11.9. The molecule has 1 rings (SSSR count). The summed E-state index contributed by atoms with van der Waals surface area (Å²) in [6.07, 6.45) is 0.627. The third-order valence-electron chi connectivity index (χ3n) is 2.36. The third kappa shape index (κ3) is 2.99. The summed E-state index contributed by atoms with van der Waals surface area (Å²) in [5.74, 6) is -1.83. The van der Waals surface area contributed by atoms with Crippen LogP contribution < -0.4 is 4.72 Å². The highest BCUT2D eigenvalue weighted by Crippen LogP contribution is 2.25. The summed E-state index contributed by atoms with van der Waals surface area (Å²) in [5.41, 5.74) is -0.140. The topological polar surface area (TPSA) is 104 Å². The minimum absolute atomic E-state index is 0.133. The second-order valence-electron chi connectivity index (χ2n) is 3.84. The number of phenols is 1. The SMILES string of the molecule is CCCNS(=O)(=O)c1cc(C(=O)O)c(O)cc1C. The van der Waals surface area contributed by atoms with Crippen molar-refractivity contribution in [1.82, 2.24) is 4.72 Å². The van der Waals surface area contributed by atoms with Crippen LogP contribution in [0.15, 0.2) is 17.0 Å². The number of hydrogen-bond acceptors (Lipinski definition) is 4. The molecule has 7 heteroatoms. The predicted molar refractivity (Wildman–Crippen MR) is 65.3 cm³/mol. The van der Waals surface area contributed by atoms with Crippen LogP contribution in [0.4, 0.5) is 0 Å². The van der Waals surface area contributed by atoms with E-state index in [4.69, 9.17) is 5.11 Å². The van der Waals surface area contributed by atoms with Gasteiger partial charge >= 0.3 is 5.97 Å². The van der Waals surface area contributed by atoms with Gasteiger partial charge in [0, 0.05) is 6.54 Å². The van der Waals surface area contributed by atoms with Crippen molar-refractivity contribution in [2.75, 3.05) is 6.54 Å². The molecule has 0 spiro atoms. The van der Waals surface area contributed by atoms with Gasteiger partial charge in [0.2, 0.25) is 10.0 Å². The summed E-state index contributed by atoms with van der Waals surface area (Å²) in [7, 11) is -3.75. The Labute approximate surface area is 105 Å². The number of hydrogen-bond donors (Lipinski definition) is 3. The fraction of sp³-hybridized carbons (Fsp3) is 0.364. The summed E-state index contributed by atoms with van der Waals surface area (Å²) < 4.78 is 26.2. The van der Waals surface area contributed by atoms with Gasteiger partial charge in [-0.3, -0.25) is 0 Å². The predicted octanol–water partition coefficient (Wildman–Crippen LogP) is 1.09. The van der Waals surface area contributed by atoms with Gasteiger partial charge < -0.3 is 10.2 Å². The van der Waals surface area contributed by atoms with Gasteiger partial charge in [0.15, 0.2) is 0 Å². The van der Waals surface area contributed by atoms with Crippen LogP contribution in [-0.4, -0.2) is 31.1 Å². The number of aryl methyl sites for hydroxylation is 1. The van der Waals surface area contributed by atoms with E-state index in [2.05, 4.69) is 4.72 Å². The van der Waals surface area contributed by atoms with Crippen LogP contribution >= 0.6 is 0 Å². The molecule has 0 aliphatic heterocycles. The van der Waals surface area contributed by atoms with Gasteiger partial charge in [-0.05, 0) is 31.0 Å². The monoisotopic (exact) mass is 273 g/mol. The van der Waals surface area contributed by atoms with Crippen LogP contribution in [0.1, 0.15) is 29.3 Å². The highest BCUT2D eigenvalue weighted by molar-refractivity contribution is 7.89. The van der Waals surface area contributed by atoms with E-state index in [0.29, 0.717) is 12.0 Å². The molecule has 0 heterocycles. The van der Waals surface area contributed by atoms with Gasteiger partial charge in [-0.1, -0.05) is 6.92 Å². The summed E-state index contributed by atoms with van der Waals surface area (Å²) in [6.45, 7) is 3.58. The van der Waals surface area contributed by atoms with Gasteiger partial charge in [-0.25, -0.2) is 17.9 Å². The van der Waals surface area contributed by atoms with Crippen LogP contribution in [-0.2, 0) is 10.0 Å². The van der Waals surface area contributed by atoms with Crippen LogP contribution in [0, 0.1) is 6.92 Å². The first-order valence-electron chi connectivity index (χ1n) is 5.36. The number of aromatic hydroxyl groups is 1. The minimum atomic E-state index is -3.75. The third-order valence-corrected chi connectivity index (χ3v) is 3.96. The fourth-order valence-corrected chi connectivity index (χ4v) is 2.83. The zero-order chi connectivity index (χ0) is 13.9. The Morgan fingerprint density at radius 1 is 1.39 bits per heavy atom. The highest BCUT2D eigenvalue weighted by atomic mass is 32.2. The Morgan fingerprint density at radius 3 is 2.50 bits per heavy atom. The first-order chi connectivity index (χ1) is 8.29. The van der Waals surface area contributed by atoms with Crippen molar-refractivity contribution in [2.45, 2.75) is 25.2 Å². The lowest BCUT2D eigenvalue weighted by Crippen LogP contribution is -2.25. The van der Waals surface area contributed by atoms with E-state index in [0.717, 1.165) is 12.1 Å². The van der Waals surface area contributed by atoms with Crippen molar-refractivity contribution in [3.05, 3.63) is 23.3 Å². The van der Waals surface area contributed by atoms with E-state index in [-0.39, 0.29) is 11.4 Å². The van der Waals surface area contributed by atoms with Gasteiger partial charge in [-0.2, -0.15) is 0 Å². The molecule has 0 unspecified atom stereocenters. The second-order valence-corrected chi connectivity index (χ2v) is 5.57. The summed E-state index contributed by atoms with van der Waals surface area (Å²) in [5, 5.41) is 18.3. The lowest BCUT2D eigenvalue weighted by Gasteiger charge is -2.10. The Hall–Kier alpha value is -1.60. The number of carboxylic acids is 1. The maximum Gasteiger partial charge on any atom is 0.339 e. The normalized spacial score (nSPS) is 11.4. The average molecular weight is 273 g/mol. The fourth-order valence-electron chi connectivity index (χ4n) is 1.45. The lowest BCUT2D eigenvalue weighted by atomic mass is 10.1. The number of carboxylic acid groups (broad SMARTS) is 1. The molecule has 0 bridgehead atoms. The average Bonchev–Trinajstić information content (AvgIpc) is 2.25. The highest BCUT2D eigenvalue weighted by Gasteiger charge is 2.21. The molecule has 100 valence electrons. The molecule has 18 heavy (non-hydrogen) atoms. The van der Waals surface area contributed by atoms with E-state index in [1.165, 1.54) is 6.92 Å². The van der Waals surface area contributed by atoms with E-state index >= 15 is 0 Å². The summed E-state index contributed by atoms with van der Waals surface area (Å²) in [4.78, 5) is 10.7. The molecule has 1 aromatic rings. The van der Waals surface area contributed by atoms with E-state index in [1.807, 2.05) is 6.92 Å². The van der Waals surface area contributed by atoms with Crippen LogP contribution in [0.3, 0.4) is 0 Å². The molecular formula is C11H15NO5S. The van der Waals surface area contributed by atoms with Crippen molar-refractivity contribution in [2.24, 2.45) is 0 Å². The largest absolute Gasteiger partial charge is 0.507 e. The standard InChI is InChI=1S/C11H15NO5S/c1-3-4-12-18(16,17)10-6-8(11(14)15)9(13)5-7(10)2/h5-6,12-13H,3-4H2,1-2H3,(H,14,15).